The summed E-state index contributed by atoms with van der Waals surface area (Å²) in [5, 5.41) is 0.321. The van der Waals surface area contributed by atoms with Gasteiger partial charge in [-0.25, -0.2) is 14.5 Å². The number of esters is 1. The van der Waals surface area contributed by atoms with Gasteiger partial charge < -0.3 is 9.47 Å². The number of rotatable bonds is 7. The van der Waals surface area contributed by atoms with Crippen LogP contribution in [0.4, 0.5) is 10.5 Å². The number of nitrogens with zero attached hydrogens (tertiary/aromatic N) is 2. The third kappa shape index (κ3) is 4.94. The first-order valence-electron chi connectivity index (χ1n) is 9.41. The molecule has 4 amide bonds. The molecule has 0 N–H and O–H groups in total. The monoisotopic (exact) mass is 430 g/mol. The molecule has 2 heterocycles. The van der Waals surface area contributed by atoms with Crippen LogP contribution in [-0.4, -0.2) is 47.1 Å². The fourth-order valence-corrected chi connectivity index (χ4v) is 2.83. The van der Waals surface area contributed by atoms with Gasteiger partial charge in [0.05, 0.1) is 11.3 Å². The lowest BCUT2D eigenvalue weighted by Gasteiger charge is -2.19. The number of hydroxylamine groups is 2. The number of carbonyl (C=O) groups is 6. The van der Waals surface area contributed by atoms with Gasteiger partial charge in [0.2, 0.25) is 0 Å². The van der Waals surface area contributed by atoms with E-state index in [2.05, 4.69) is 4.84 Å². The van der Waals surface area contributed by atoms with E-state index in [0.717, 1.165) is 17.1 Å². The lowest BCUT2D eigenvalue weighted by atomic mass is 10.2. The molecule has 0 aromatic heterocycles. The highest BCUT2D eigenvalue weighted by molar-refractivity contribution is 6.28. The van der Waals surface area contributed by atoms with Crippen LogP contribution in [-0.2, 0) is 33.5 Å². The van der Waals surface area contributed by atoms with Gasteiger partial charge in [0.15, 0.2) is 0 Å². The molecule has 0 spiro atoms. The van der Waals surface area contributed by atoms with Crippen molar-refractivity contribution in [3.8, 4) is 0 Å². The van der Waals surface area contributed by atoms with E-state index < -0.39 is 42.0 Å². The summed E-state index contributed by atoms with van der Waals surface area (Å²) in [6.45, 7) is 1.76. The second-order valence-electron chi connectivity index (χ2n) is 6.56. The smallest absolute Gasteiger partial charge is 0.421 e. The Morgan fingerprint density at radius 3 is 2.06 bits per heavy atom. The van der Waals surface area contributed by atoms with Crippen molar-refractivity contribution in [2.45, 2.75) is 38.9 Å². The van der Waals surface area contributed by atoms with E-state index in [1.165, 1.54) is 24.3 Å². The third-order valence-corrected chi connectivity index (χ3v) is 4.33. The van der Waals surface area contributed by atoms with Crippen molar-refractivity contribution in [2.24, 2.45) is 0 Å². The fourth-order valence-electron chi connectivity index (χ4n) is 2.83. The second-order valence-corrected chi connectivity index (χ2v) is 6.56. The van der Waals surface area contributed by atoms with Crippen LogP contribution in [0.15, 0.2) is 36.4 Å². The lowest BCUT2D eigenvalue weighted by molar-refractivity contribution is -0.185. The number of hydrogen-bond donors (Lipinski definition) is 0. The van der Waals surface area contributed by atoms with Gasteiger partial charge in [0.25, 0.3) is 29.9 Å². The second kappa shape index (κ2) is 9.20. The molecule has 2 aliphatic heterocycles. The molecule has 0 saturated carbocycles. The summed E-state index contributed by atoms with van der Waals surface area (Å²) in [6.07, 6.45) is 0.0906. The molecule has 1 unspecified atom stereocenters. The van der Waals surface area contributed by atoms with Crippen molar-refractivity contribution in [1.82, 2.24) is 5.06 Å². The summed E-state index contributed by atoms with van der Waals surface area (Å²) >= 11 is 0. The molecule has 0 bridgehead atoms. The van der Waals surface area contributed by atoms with E-state index in [1.54, 1.807) is 6.92 Å². The Bertz CT molecular complexity index is 933. The minimum atomic E-state index is -1.36. The molecular weight excluding hydrogens is 412 g/mol. The minimum Gasteiger partial charge on any atom is -0.421 e. The summed E-state index contributed by atoms with van der Waals surface area (Å²) in [5.41, 5.74) is 0.361. The zero-order chi connectivity index (χ0) is 22.5. The Morgan fingerprint density at radius 2 is 1.52 bits per heavy atom. The van der Waals surface area contributed by atoms with Crippen molar-refractivity contribution >= 4 is 41.4 Å². The highest BCUT2D eigenvalue weighted by atomic mass is 16.9. The Hall–Kier alpha value is -4.02. The highest BCUT2D eigenvalue weighted by Gasteiger charge is 2.34. The summed E-state index contributed by atoms with van der Waals surface area (Å²) in [6, 6.07) is 5.49. The molecule has 1 atom stereocenters. The topological polar surface area (TPSA) is 137 Å². The molecule has 0 radical (unpaired) electrons. The molecule has 31 heavy (non-hydrogen) atoms. The Morgan fingerprint density at radius 1 is 0.935 bits per heavy atom. The summed E-state index contributed by atoms with van der Waals surface area (Å²) < 4.78 is 10.1. The van der Waals surface area contributed by atoms with E-state index in [-0.39, 0.29) is 30.5 Å². The number of amides is 4. The Kier molecular flexibility index (Phi) is 6.43. The number of ether oxygens (including phenoxy) is 2. The summed E-state index contributed by atoms with van der Waals surface area (Å²) in [4.78, 5) is 76.2. The molecular formula is C20H18N2O9. The largest absolute Gasteiger partial charge is 0.537 e. The van der Waals surface area contributed by atoms with Crippen LogP contribution in [0.25, 0.3) is 0 Å². The number of anilines is 1. The van der Waals surface area contributed by atoms with E-state index in [4.69, 9.17) is 9.47 Å². The molecule has 3 rings (SSSR count). The number of imide groups is 2. The zero-order valence-electron chi connectivity index (χ0n) is 16.4. The van der Waals surface area contributed by atoms with Gasteiger partial charge in [-0.05, 0) is 30.7 Å². The molecule has 1 aromatic carbocycles. The molecule has 11 heteroatoms. The van der Waals surface area contributed by atoms with E-state index in [9.17, 15) is 28.8 Å². The van der Waals surface area contributed by atoms with Gasteiger partial charge in [0, 0.05) is 31.4 Å². The van der Waals surface area contributed by atoms with Gasteiger partial charge in [-0.15, -0.1) is 0 Å². The number of carbonyl (C=O) groups excluding carboxylic acids is 6. The zero-order valence-corrected chi connectivity index (χ0v) is 16.4. The van der Waals surface area contributed by atoms with Crippen molar-refractivity contribution in [1.29, 1.82) is 0 Å². The molecule has 162 valence electrons. The van der Waals surface area contributed by atoms with Gasteiger partial charge in [-0.1, -0.05) is 12.0 Å². The van der Waals surface area contributed by atoms with Gasteiger partial charge in [-0.2, -0.15) is 0 Å². The van der Waals surface area contributed by atoms with Crippen LogP contribution in [0.5, 0.6) is 0 Å². The van der Waals surface area contributed by atoms with Crippen LogP contribution >= 0.6 is 0 Å². The van der Waals surface area contributed by atoms with Crippen molar-refractivity contribution in [3.05, 3.63) is 42.0 Å². The van der Waals surface area contributed by atoms with Crippen molar-refractivity contribution in [3.63, 3.8) is 0 Å². The molecule has 2 aliphatic rings. The minimum absolute atomic E-state index is 0.0693. The molecule has 11 nitrogen and oxygen atoms in total. The van der Waals surface area contributed by atoms with E-state index in [1.807, 2.05) is 0 Å². The predicted octanol–water partition coefficient (Wildman–Crippen LogP) is 1.62. The quantitative estimate of drug-likeness (QED) is 0.359. The van der Waals surface area contributed by atoms with Crippen LogP contribution in [0.1, 0.15) is 43.0 Å². The summed E-state index contributed by atoms with van der Waals surface area (Å²) in [5.74, 6) is -3.16. The molecule has 1 saturated heterocycles. The Balaban J connectivity index is 1.60. The predicted molar refractivity (Wildman–Crippen MR) is 101 cm³/mol. The SMILES string of the molecule is CCCC(OC(=O)ON1C(=O)CCC1=O)OC(=O)c1ccc(N2C(=O)C=CC2=O)cc1. The van der Waals surface area contributed by atoms with E-state index in [0.29, 0.717) is 11.5 Å². The van der Waals surface area contributed by atoms with Crippen molar-refractivity contribution < 1.29 is 43.1 Å². The van der Waals surface area contributed by atoms with Crippen LogP contribution in [0.2, 0.25) is 0 Å². The summed E-state index contributed by atoms with van der Waals surface area (Å²) in [7, 11) is 0. The highest BCUT2D eigenvalue weighted by Crippen LogP contribution is 2.21. The maximum Gasteiger partial charge on any atom is 0.537 e. The lowest BCUT2D eigenvalue weighted by Crippen LogP contribution is -2.34. The van der Waals surface area contributed by atoms with Crippen LogP contribution in [0, 0.1) is 0 Å². The van der Waals surface area contributed by atoms with Crippen molar-refractivity contribution in [2.75, 3.05) is 4.90 Å². The fraction of sp³-hybridized carbons (Fsp3) is 0.300. The van der Waals surface area contributed by atoms with E-state index >= 15 is 0 Å². The van der Waals surface area contributed by atoms with Crippen LogP contribution in [0.3, 0.4) is 0 Å². The molecule has 1 fully saturated rings. The third-order valence-electron chi connectivity index (χ3n) is 4.33. The average Bonchev–Trinajstić information content (AvgIpc) is 3.23. The molecule has 1 aromatic rings. The first-order chi connectivity index (χ1) is 14.8. The number of hydrogen-bond acceptors (Lipinski definition) is 9. The standard InChI is InChI=1S/C20H18N2O9/c1-2-3-18(30-20(28)31-22-16(25)10-11-17(22)26)29-19(27)12-4-6-13(7-5-12)21-14(23)8-9-15(21)24/h4-9,18H,2-3,10-11H2,1H3. The van der Waals surface area contributed by atoms with Gasteiger partial charge >= 0.3 is 12.1 Å². The van der Waals surface area contributed by atoms with Gasteiger partial charge in [0.1, 0.15) is 0 Å². The maximum atomic E-state index is 12.4. The maximum absolute atomic E-state index is 12.4. The molecule has 0 aliphatic carbocycles. The van der Waals surface area contributed by atoms with Crippen LogP contribution < -0.4 is 4.90 Å². The first-order valence-corrected chi connectivity index (χ1v) is 9.41. The average molecular weight is 430 g/mol. The normalized spacial score (nSPS) is 16.7. The number of benzene rings is 1. The van der Waals surface area contributed by atoms with Gasteiger partial charge in [-0.3, -0.25) is 24.0 Å². The Labute approximate surface area is 176 Å². The first kappa shape index (κ1) is 21.7.